The van der Waals surface area contributed by atoms with Gasteiger partial charge in [0.1, 0.15) is 0 Å². The molecule has 0 aliphatic heterocycles. The van der Waals surface area contributed by atoms with Crippen molar-refractivity contribution in [3.63, 3.8) is 0 Å². The summed E-state index contributed by atoms with van der Waals surface area (Å²) < 4.78 is 11.3. The Morgan fingerprint density at radius 1 is 1.19 bits per heavy atom. The summed E-state index contributed by atoms with van der Waals surface area (Å²) in [5, 5.41) is 13.1. The molecule has 2 N–H and O–H groups in total. The van der Waals surface area contributed by atoms with Gasteiger partial charge in [-0.3, -0.25) is 0 Å². The Hall–Kier alpha value is -0.290. The van der Waals surface area contributed by atoms with Gasteiger partial charge in [-0.2, -0.15) is 0 Å². The summed E-state index contributed by atoms with van der Waals surface area (Å²) in [7, 11) is 0. The quantitative estimate of drug-likeness (QED) is 0.677. The molecule has 0 aromatic heterocycles. The molecule has 1 aromatic rings. The topological polar surface area (TPSA) is 50.7 Å². The van der Waals surface area contributed by atoms with Crippen LogP contribution in [0.25, 0.3) is 0 Å². The van der Waals surface area contributed by atoms with Gasteiger partial charge in [-0.25, -0.2) is 5.09 Å². The van der Waals surface area contributed by atoms with Crippen molar-refractivity contribution in [2.24, 2.45) is 5.41 Å². The van der Waals surface area contributed by atoms with E-state index >= 15 is 0 Å². The predicted molar refractivity (Wildman–Crippen MR) is 90.7 cm³/mol. The molecule has 0 fully saturated rings. The van der Waals surface area contributed by atoms with Crippen LogP contribution in [0, 0.1) is 5.41 Å². The van der Waals surface area contributed by atoms with Gasteiger partial charge in [0.05, 0.1) is 13.2 Å². The normalized spacial score (nSPS) is 14.1. The van der Waals surface area contributed by atoms with Crippen molar-refractivity contribution in [3.8, 4) is 0 Å². The molecule has 1 atom stereocenters. The second-order valence-electron chi connectivity index (χ2n) is 5.45. The molecule has 1 aromatic carbocycles. The Balaban J connectivity index is 3.11. The van der Waals surface area contributed by atoms with Crippen LogP contribution in [0.4, 0.5) is 0 Å². The molecule has 0 bridgehead atoms. The van der Waals surface area contributed by atoms with Crippen molar-refractivity contribution in [1.82, 2.24) is 5.09 Å². The lowest BCUT2D eigenvalue weighted by Crippen LogP contribution is -2.36. The van der Waals surface area contributed by atoms with E-state index in [1.54, 1.807) is 0 Å². The van der Waals surface area contributed by atoms with Crippen LogP contribution in [0.15, 0.2) is 30.3 Å². The third kappa shape index (κ3) is 5.44. The molecular formula is C15H26NO3PS. The molecule has 0 aliphatic rings. The fraction of sp³-hybridized carbons (Fsp3) is 0.600. The van der Waals surface area contributed by atoms with E-state index in [9.17, 15) is 5.11 Å². The number of aliphatic hydroxyl groups excluding tert-OH is 1. The van der Waals surface area contributed by atoms with Crippen molar-refractivity contribution in [3.05, 3.63) is 35.9 Å². The molecule has 0 amide bonds. The fourth-order valence-corrected chi connectivity index (χ4v) is 4.71. The standard InChI is InChI=1S/C15H26NO3PS/c1-5-18-20(21,19-6-2)16-14(15(3,4)12-17)13-10-8-7-9-11-13/h7-11,14,17H,5-6,12H2,1-4H3,(H,16,21)/t14-/m1/s1. The summed E-state index contributed by atoms with van der Waals surface area (Å²) in [6.45, 7) is 6.23. The number of benzene rings is 1. The predicted octanol–water partition coefficient (Wildman–Crippen LogP) is 3.63. The summed E-state index contributed by atoms with van der Waals surface area (Å²) >= 11 is 5.57. The molecule has 0 heterocycles. The minimum absolute atomic E-state index is 0.0349. The fourth-order valence-electron chi connectivity index (χ4n) is 2.05. The Labute approximate surface area is 133 Å². The summed E-state index contributed by atoms with van der Waals surface area (Å²) in [5.74, 6) is 0. The third-order valence-corrected chi connectivity index (χ3v) is 5.93. The second kappa shape index (κ2) is 8.37. The van der Waals surface area contributed by atoms with Crippen LogP contribution < -0.4 is 5.09 Å². The van der Waals surface area contributed by atoms with Gasteiger partial charge < -0.3 is 14.2 Å². The average molecular weight is 331 g/mol. The van der Waals surface area contributed by atoms with Crippen LogP contribution in [-0.2, 0) is 20.9 Å². The lowest BCUT2D eigenvalue weighted by Gasteiger charge is -2.37. The van der Waals surface area contributed by atoms with E-state index in [0.29, 0.717) is 13.2 Å². The average Bonchev–Trinajstić information content (AvgIpc) is 2.46. The van der Waals surface area contributed by atoms with Crippen LogP contribution in [-0.4, -0.2) is 24.9 Å². The number of hydrogen-bond donors (Lipinski definition) is 2. The summed E-state index contributed by atoms with van der Waals surface area (Å²) in [4.78, 5) is 0. The van der Waals surface area contributed by atoms with Crippen LogP contribution in [0.2, 0.25) is 0 Å². The first kappa shape index (κ1) is 18.8. The van der Waals surface area contributed by atoms with E-state index in [0.717, 1.165) is 5.56 Å². The molecule has 1 rings (SSSR count). The molecule has 4 nitrogen and oxygen atoms in total. The van der Waals surface area contributed by atoms with E-state index in [-0.39, 0.29) is 18.1 Å². The van der Waals surface area contributed by atoms with Crippen molar-refractivity contribution in [2.45, 2.75) is 33.7 Å². The first-order valence-corrected chi connectivity index (χ1v) is 9.85. The number of rotatable bonds is 9. The molecule has 6 heteroatoms. The zero-order valence-corrected chi connectivity index (χ0v) is 14.9. The largest absolute Gasteiger partial charge is 0.396 e. The van der Waals surface area contributed by atoms with Crippen LogP contribution in [0.3, 0.4) is 0 Å². The highest BCUT2D eigenvalue weighted by molar-refractivity contribution is 8.08. The maximum absolute atomic E-state index is 9.74. The summed E-state index contributed by atoms with van der Waals surface area (Å²) in [6.07, 6.45) is 0. The lowest BCUT2D eigenvalue weighted by atomic mass is 9.82. The molecule has 120 valence electrons. The Morgan fingerprint density at radius 3 is 2.14 bits per heavy atom. The van der Waals surface area contributed by atoms with Crippen molar-refractivity contribution in [1.29, 1.82) is 0 Å². The molecule has 0 saturated heterocycles. The molecular weight excluding hydrogens is 305 g/mol. The maximum Gasteiger partial charge on any atom is 0.261 e. The minimum atomic E-state index is -2.58. The Kier molecular flexibility index (Phi) is 7.48. The minimum Gasteiger partial charge on any atom is -0.396 e. The summed E-state index contributed by atoms with van der Waals surface area (Å²) in [6, 6.07) is 9.81. The van der Waals surface area contributed by atoms with Crippen LogP contribution >= 0.6 is 6.64 Å². The van der Waals surface area contributed by atoms with Crippen molar-refractivity contribution in [2.75, 3.05) is 19.8 Å². The lowest BCUT2D eigenvalue weighted by molar-refractivity contribution is 0.120. The zero-order valence-electron chi connectivity index (χ0n) is 13.2. The monoisotopic (exact) mass is 331 g/mol. The van der Waals surface area contributed by atoms with Gasteiger partial charge in [0.2, 0.25) is 0 Å². The van der Waals surface area contributed by atoms with Gasteiger partial charge in [0.25, 0.3) is 6.64 Å². The van der Waals surface area contributed by atoms with Gasteiger partial charge >= 0.3 is 0 Å². The second-order valence-corrected chi connectivity index (χ2v) is 8.66. The Morgan fingerprint density at radius 2 is 1.71 bits per heavy atom. The van der Waals surface area contributed by atoms with Crippen LogP contribution in [0.5, 0.6) is 0 Å². The van der Waals surface area contributed by atoms with Gasteiger partial charge in [-0.15, -0.1) is 0 Å². The first-order chi connectivity index (χ1) is 9.88. The van der Waals surface area contributed by atoms with Gasteiger partial charge in [-0.1, -0.05) is 44.2 Å². The highest BCUT2D eigenvalue weighted by atomic mass is 32.5. The summed E-state index contributed by atoms with van der Waals surface area (Å²) in [5.41, 5.74) is 0.671. The van der Waals surface area contributed by atoms with Gasteiger partial charge in [0.15, 0.2) is 0 Å². The molecule has 0 aliphatic carbocycles. The van der Waals surface area contributed by atoms with Gasteiger partial charge in [0, 0.05) is 18.1 Å². The number of hydrogen-bond acceptors (Lipinski definition) is 4. The van der Waals surface area contributed by atoms with Gasteiger partial charge in [-0.05, 0) is 31.2 Å². The zero-order chi connectivity index (χ0) is 15.9. The Bertz CT molecular complexity index is 457. The molecule has 0 spiro atoms. The third-order valence-electron chi connectivity index (χ3n) is 3.21. The molecule has 21 heavy (non-hydrogen) atoms. The van der Waals surface area contributed by atoms with E-state index in [2.05, 4.69) is 5.09 Å². The SMILES string of the molecule is CCOP(=S)(N[C@H](c1ccccc1)C(C)(C)CO)OCC. The number of aliphatic hydroxyl groups is 1. The highest BCUT2D eigenvalue weighted by Crippen LogP contribution is 2.49. The highest BCUT2D eigenvalue weighted by Gasteiger charge is 2.35. The van der Waals surface area contributed by atoms with Crippen LogP contribution in [0.1, 0.15) is 39.3 Å². The van der Waals surface area contributed by atoms with E-state index in [4.69, 9.17) is 20.9 Å². The van der Waals surface area contributed by atoms with E-state index in [1.165, 1.54) is 0 Å². The molecule has 0 unspecified atom stereocenters. The van der Waals surface area contributed by atoms with E-state index in [1.807, 2.05) is 58.0 Å². The van der Waals surface area contributed by atoms with Crippen molar-refractivity contribution < 1.29 is 14.2 Å². The smallest absolute Gasteiger partial charge is 0.261 e. The van der Waals surface area contributed by atoms with E-state index < -0.39 is 6.64 Å². The number of nitrogens with one attached hydrogen (secondary N) is 1. The first-order valence-electron chi connectivity index (χ1n) is 7.21. The molecule has 0 radical (unpaired) electrons. The molecule has 0 saturated carbocycles. The maximum atomic E-state index is 9.74. The van der Waals surface area contributed by atoms with Crippen molar-refractivity contribution >= 4 is 18.4 Å².